The summed E-state index contributed by atoms with van der Waals surface area (Å²) >= 11 is 2.93. The van der Waals surface area contributed by atoms with Crippen molar-refractivity contribution in [3.05, 3.63) is 45.1 Å². The molecular formula is C21H21N3O2S2. The van der Waals surface area contributed by atoms with E-state index in [1.54, 1.807) is 23.0 Å². The van der Waals surface area contributed by atoms with E-state index in [-0.39, 0.29) is 10.8 Å². The lowest BCUT2D eigenvalue weighted by molar-refractivity contribution is 0.411. The van der Waals surface area contributed by atoms with Crippen molar-refractivity contribution in [3.63, 3.8) is 0 Å². The minimum absolute atomic E-state index is 0.0748. The summed E-state index contributed by atoms with van der Waals surface area (Å²) in [6, 6.07) is 9.66. The molecule has 2 heterocycles. The van der Waals surface area contributed by atoms with Gasteiger partial charge in [-0.3, -0.25) is 9.36 Å². The van der Waals surface area contributed by atoms with Gasteiger partial charge in [0.05, 0.1) is 29.5 Å². The second-order valence-electron chi connectivity index (χ2n) is 7.13. The van der Waals surface area contributed by atoms with Crippen LogP contribution in [0.2, 0.25) is 0 Å². The average Bonchev–Trinajstić information content (AvgIpc) is 3.05. The molecule has 28 heavy (non-hydrogen) atoms. The zero-order valence-corrected chi connectivity index (χ0v) is 17.7. The highest BCUT2D eigenvalue weighted by atomic mass is 32.2. The van der Waals surface area contributed by atoms with Crippen molar-refractivity contribution in [1.29, 1.82) is 5.26 Å². The van der Waals surface area contributed by atoms with E-state index in [2.05, 4.69) is 13.0 Å². The Morgan fingerprint density at radius 3 is 2.96 bits per heavy atom. The van der Waals surface area contributed by atoms with Crippen molar-refractivity contribution in [3.8, 4) is 17.5 Å². The van der Waals surface area contributed by atoms with E-state index >= 15 is 0 Å². The highest BCUT2D eigenvalue weighted by Crippen LogP contribution is 2.38. The van der Waals surface area contributed by atoms with Crippen LogP contribution < -0.4 is 10.3 Å². The molecule has 7 heteroatoms. The van der Waals surface area contributed by atoms with Crippen LogP contribution in [0.3, 0.4) is 0 Å². The number of benzene rings is 1. The van der Waals surface area contributed by atoms with Gasteiger partial charge in [-0.05, 0) is 49.8 Å². The Kier molecular flexibility index (Phi) is 5.17. The third kappa shape index (κ3) is 3.21. The van der Waals surface area contributed by atoms with Crippen LogP contribution in [-0.2, 0) is 12.8 Å². The van der Waals surface area contributed by atoms with Crippen molar-refractivity contribution in [2.45, 2.75) is 43.5 Å². The Morgan fingerprint density at radius 1 is 1.43 bits per heavy atom. The van der Waals surface area contributed by atoms with Gasteiger partial charge in [-0.15, -0.1) is 11.3 Å². The van der Waals surface area contributed by atoms with Crippen molar-refractivity contribution in [2.75, 3.05) is 7.11 Å². The quantitative estimate of drug-likeness (QED) is 0.464. The number of thioether (sulfide) groups is 1. The third-order valence-corrected chi connectivity index (χ3v) is 7.18. The van der Waals surface area contributed by atoms with Crippen molar-refractivity contribution < 1.29 is 4.74 Å². The Labute approximate surface area is 172 Å². The normalized spacial score (nSPS) is 17.1. The maximum absolute atomic E-state index is 13.7. The standard InChI is InChI=1S/C21H21N3O2S2/c1-12-8-9-14-17(10-12)28-19-18(14)20(25)24(21(23-19)27-13(2)11-22)15-6-4-5-7-16(15)26-3/h4-7,12-13H,8-10H2,1-3H3/t12-,13-/m1/s1. The van der Waals surface area contributed by atoms with E-state index in [0.717, 1.165) is 35.0 Å². The predicted molar refractivity (Wildman–Crippen MR) is 114 cm³/mol. The summed E-state index contributed by atoms with van der Waals surface area (Å²) in [4.78, 5) is 20.6. The molecule has 0 amide bonds. The number of methoxy groups -OCH3 is 1. The zero-order valence-electron chi connectivity index (χ0n) is 16.1. The number of rotatable bonds is 4. The van der Waals surface area contributed by atoms with Crippen LogP contribution in [0.15, 0.2) is 34.2 Å². The number of nitriles is 1. The monoisotopic (exact) mass is 411 g/mol. The summed E-state index contributed by atoms with van der Waals surface area (Å²) in [6.45, 7) is 4.07. The molecular weight excluding hydrogens is 390 g/mol. The average molecular weight is 412 g/mol. The predicted octanol–water partition coefficient (Wildman–Crippen LogP) is 4.58. The summed E-state index contributed by atoms with van der Waals surface area (Å²) in [5.41, 5.74) is 1.74. The molecule has 0 saturated carbocycles. The summed E-state index contributed by atoms with van der Waals surface area (Å²) < 4.78 is 7.12. The van der Waals surface area contributed by atoms with Gasteiger partial charge in [-0.2, -0.15) is 5.26 Å². The van der Waals surface area contributed by atoms with Crippen molar-refractivity contribution in [1.82, 2.24) is 9.55 Å². The molecule has 144 valence electrons. The molecule has 0 aliphatic heterocycles. The van der Waals surface area contributed by atoms with Crippen LogP contribution in [0, 0.1) is 17.2 Å². The van der Waals surface area contributed by atoms with Gasteiger partial charge in [0.2, 0.25) is 0 Å². The van der Waals surface area contributed by atoms with E-state index in [0.29, 0.717) is 22.5 Å². The summed E-state index contributed by atoms with van der Waals surface area (Å²) in [5, 5.41) is 10.2. The van der Waals surface area contributed by atoms with Crippen LogP contribution >= 0.6 is 23.1 Å². The Balaban J connectivity index is 2.03. The molecule has 0 N–H and O–H groups in total. The number of ether oxygens (including phenoxy) is 1. The second kappa shape index (κ2) is 7.61. The molecule has 0 radical (unpaired) electrons. The van der Waals surface area contributed by atoms with Crippen LogP contribution in [0.5, 0.6) is 5.75 Å². The number of thiophene rings is 1. The number of hydrogen-bond acceptors (Lipinski definition) is 6. The minimum Gasteiger partial charge on any atom is -0.495 e. The third-order valence-electron chi connectivity index (χ3n) is 5.09. The molecule has 4 rings (SSSR count). The van der Waals surface area contributed by atoms with Gasteiger partial charge in [-0.1, -0.05) is 30.8 Å². The maximum atomic E-state index is 13.7. The maximum Gasteiger partial charge on any atom is 0.267 e. The van der Waals surface area contributed by atoms with Gasteiger partial charge >= 0.3 is 0 Å². The topological polar surface area (TPSA) is 67.9 Å². The molecule has 2 atom stereocenters. The molecule has 0 bridgehead atoms. The van der Waals surface area contributed by atoms with Gasteiger partial charge in [0.1, 0.15) is 10.6 Å². The molecule has 1 aliphatic rings. The van der Waals surface area contributed by atoms with E-state index < -0.39 is 0 Å². The summed E-state index contributed by atoms with van der Waals surface area (Å²) in [7, 11) is 1.59. The Hall–Kier alpha value is -2.30. The van der Waals surface area contributed by atoms with Crippen molar-refractivity contribution >= 4 is 33.3 Å². The zero-order chi connectivity index (χ0) is 19.8. The summed E-state index contributed by atoms with van der Waals surface area (Å²) in [5.74, 6) is 1.24. The lowest BCUT2D eigenvalue weighted by Crippen LogP contribution is -2.23. The molecule has 5 nitrogen and oxygen atoms in total. The van der Waals surface area contributed by atoms with Gasteiger partial charge in [0.15, 0.2) is 5.16 Å². The fourth-order valence-electron chi connectivity index (χ4n) is 3.66. The molecule has 2 aromatic heterocycles. The first-order valence-electron chi connectivity index (χ1n) is 9.30. The first kappa shape index (κ1) is 19.0. The number of hydrogen-bond donors (Lipinski definition) is 0. The molecule has 1 aliphatic carbocycles. The molecule has 0 fully saturated rings. The van der Waals surface area contributed by atoms with E-state index in [1.807, 2.05) is 31.2 Å². The van der Waals surface area contributed by atoms with Gasteiger partial charge in [0, 0.05) is 4.88 Å². The van der Waals surface area contributed by atoms with E-state index in [4.69, 9.17) is 9.72 Å². The first-order valence-corrected chi connectivity index (χ1v) is 11.0. The Morgan fingerprint density at radius 2 is 2.21 bits per heavy atom. The minimum atomic E-state index is -0.320. The molecule has 0 spiro atoms. The Bertz CT molecular complexity index is 1140. The van der Waals surface area contributed by atoms with Gasteiger partial charge in [-0.25, -0.2) is 4.98 Å². The lowest BCUT2D eigenvalue weighted by atomic mass is 9.89. The van der Waals surface area contributed by atoms with Crippen LogP contribution in [0.1, 0.15) is 30.7 Å². The first-order chi connectivity index (χ1) is 13.5. The van der Waals surface area contributed by atoms with Crippen LogP contribution in [0.25, 0.3) is 15.9 Å². The molecule has 3 aromatic rings. The summed E-state index contributed by atoms with van der Waals surface area (Å²) in [6.07, 6.45) is 3.01. The fraction of sp³-hybridized carbons (Fsp3) is 0.381. The SMILES string of the molecule is COc1ccccc1-n1c(S[C@H](C)C#N)nc2sc3c(c2c1=O)CC[C@@H](C)C3. The van der Waals surface area contributed by atoms with E-state index in [9.17, 15) is 10.1 Å². The van der Waals surface area contributed by atoms with Crippen LogP contribution in [0.4, 0.5) is 0 Å². The number of aryl methyl sites for hydroxylation is 1. The highest BCUT2D eigenvalue weighted by molar-refractivity contribution is 8.00. The lowest BCUT2D eigenvalue weighted by Gasteiger charge is -2.18. The fourth-order valence-corrected chi connectivity index (χ4v) is 5.89. The highest BCUT2D eigenvalue weighted by Gasteiger charge is 2.26. The van der Waals surface area contributed by atoms with Crippen molar-refractivity contribution in [2.24, 2.45) is 5.92 Å². The van der Waals surface area contributed by atoms with Crippen LogP contribution in [-0.4, -0.2) is 21.9 Å². The second-order valence-corrected chi connectivity index (χ2v) is 9.52. The van der Waals surface area contributed by atoms with Gasteiger partial charge < -0.3 is 4.74 Å². The molecule has 0 saturated heterocycles. The largest absolute Gasteiger partial charge is 0.495 e. The number of nitrogens with zero attached hydrogens (tertiary/aromatic N) is 3. The number of para-hydroxylation sites is 2. The molecule has 1 aromatic carbocycles. The smallest absolute Gasteiger partial charge is 0.267 e. The van der Waals surface area contributed by atoms with E-state index in [1.165, 1.54) is 16.6 Å². The number of aromatic nitrogens is 2. The van der Waals surface area contributed by atoms with Gasteiger partial charge in [0.25, 0.3) is 5.56 Å². The molecule has 0 unspecified atom stereocenters. The number of fused-ring (bicyclic) bond motifs is 3.